The van der Waals surface area contributed by atoms with E-state index < -0.39 is 5.66 Å². The fourth-order valence-corrected chi connectivity index (χ4v) is 2.81. The molecule has 4 nitrogen and oxygen atoms in total. The number of hydrogen-bond acceptors (Lipinski definition) is 2. The van der Waals surface area contributed by atoms with Gasteiger partial charge >= 0.3 is 11.4 Å². The summed E-state index contributed by atoms with van der Waals surface area (Å²) in [5.74, 6) is -0.389. The highest BCUT2D eigenvalue weighted by molar-refractivity contribution is 6.44. The van der Waals surface area contributed by atoms with Crippen LogP contribution in [-0.2, 0) is 5.66 Å². The first-order valence-electron chi connectivity index (χ1n) is 6.95. The van der Waals surface area contributed by atoms with Crippen molar-refractivity contribution in [2.24, 2.45) is 0 Å². The molecule has 0 fully saturated rings. The molecule has 2 aromatic carbocycles. The highest BCUT2D eigenvalue weighted by Crippen LogP contribution is 2.30. The smallest absolute Gasteiger partial charge is 0.431 e. The molecule has 112 valence electrons. The summed E-state index contributed by atoms with van der Waals surface area (Å²) < 4.78 is 14.8. The van der Waals surface area contributed by atoms with Crippen LogP contribution < -0.4 is 0 Å². The summed E-state index contributed by atoms with van der Waals surface area (Å²) in [6.07, 6.45) is 0. The molecular weight excluding hydrogens is 283 g/mol. The molecule has 22 heavy (non-hydrogen) atoms. The molecule has 1 heterocycles. The van der Waals surface area contributed by atoms with Crippen LogP contribution in [0.2, 0.25) is 0 Å². The van der Waals surface area contributed by atoms with Crippen molar-refractivity contribution < 1.29 is 19.1 Å². The molecule has 0 saturated carbocycles. The molecule has 0 bridgehead atoms. The molecular formula is C17H16FN2O2+. The Balaban J connectivity index is 2.21. The van der Waals surface area contributed by atoms with Gasteiger partial charge in [0.2, 0.25) is 0 Å². The maximum Gasteiger partial charge on any atom is 0.431 e. The van der Waals surface area contributed by atoms with E-state index in [1.165, 1.54) is 24.3 Å². The third-order valence-corrected chi connectivity index (χ3v) is 4.11. The summed E-state index contributed by atoms with van der Waals surface area (Å²) >= 11 is 0. The van der Waals surface area contributed by atoms with Crippen LogP contribution in [0.3, 0.4) is 0 Å². The van der Waals surface area contributed by atoms with Crippen molar-refractivity contribution in [2.75, 3.05) is 0 Å². The van der Waals surface area contributed by atoms with E-state index in [2.05, 4.69) is 0 Å². The van der Waals surface area contributed by atoms with Gasteiger partial charge < -0.3 is 5.21 Å². The van der Waals surface area contributed by atoms with Gasteiger partial charge in [-0.3, -0.25) is 5.21 Å². The zero-order valence-electron chi connectivity index (χ0n) is 12.3. The van der Waals surface area contributed by atoms with Gasteiger partial charge in [0.1, 0.15) is 11.4 Å². The standard InChI is InChI=1S/C17H16FN2O2/c1-12-16(13-6-4-3-5-7-13)20(22)17(2,19(12)21)14-8-10-15(18)11-9-14/h3-11,22H,1-2H3/q+1/t17-/m1/s1. The predicted molar refractivity (Wildman–Crippen MR) is 80.7 cm³/mol. The average Bonchev–Trinajstić information content (AvgIpc) is 2.71. The van der Waals surface area contributed by atoms with Gasteiger partial charge in [-0.2, -0.15) is 0 Å². The second kappa shape index (κ2) is 4.94. The number of benzene rings is 2. The number of hydroxylamine groups is 2. The van der Waals surface area contributed by atoms with Crippen LogP contribution in [0.5, 0.6) is 0 Å². The quantitative estimate of drug-likeness (QED) is 0.526. The fraction of sp³-hybridized carbons (Fsp3) is 0.176. The molecule has 1 aliphatic rings. The lowest BCUT2D eigenvalue weighted by atomic mass is 10.0. The third kappa shape index (κ3) is 1.89. The summed E-state index contributed by atoms with van der Waals surface area (Å²) in [6, 6.07) is 14.8. The van der Waals surface area contributed by atoms with Crippen molar-refractivity contribution in [1.82, 2.24) is 0 Å². The topological polar surface area (TPSA) is 49.3 Å². The van der Waals surface area contributed by atoms with Crippen LogP contribution >= 0.6 is 0 Å². The molecule has 1 N–H and O–H groups in total. The summed E-state index contributed by atoms with van der Waals surface area (Å²) in [4.78, 5) is 0. The van der Waals surface area contributed by atoms with Crippen molar-refractivity contribution in [3.63, 3.8) is 0 Å². The highest BCUT2D eigenvalue weighted by atomic mass is 19.1. The Kier molecular flexibility index (Phi) is 3.20. The second-order valence-corrected chi connectivity index (χ2v) is 5.43. The molecule has 0 aromatic heterocycles. The molecule has 0 saturated heterocycles. The maximum atomic E-state index is 13.1. The Morgan fingerprint density at radius 2 is 1.64 bits per heavy atom. The second-order valence-electron chi connectivity index (χ2n) is 5.43. The number of hydrogen-bond donors (Lipinski definition) is 1. The summed E-state index contributed by atoms with van der Waals surface area (Å²) in [5.41, 5.74) is 0.775. The number of nitrogens with zero attached hydrogens (tertiary/aromatic N) is 2. The van der Waals surface area contributed by atoms with Gasteiger partial charge in [0, 0.05) is 6.92 Å². The first-order valence-corrected chi connectivity index (χ1v) is 6.95. The fourth-order valence-electron chi connectivity index (χ4n) is 2.81. The molecule has 3 rings (SSSR count). The van der Waals surface area contributed by atoms with Gasteiger partial charge in [-0.1, -0.05) is 18.2 Å². The minimum absolute atomic E-state index is 0.389. The van der Waals surface area contributed by atoms with Crippen molar-refractivity contribution in [3.8, 4) is 0 Å². The van der Waals surface area contributed by atoms with Gasteiger partial charge in [-0.15, -0.1) is 4.74 Å². The largest absolute Gasteiger partial charge is 0.618 e. The van der Waals surface area contributed by atoms with Crippen LogP contribution in [0.15, 0.2) is 54.6 Å². The summed E-state index contributed by atoms with van der Waals surface area (Å²) in [7, 11) is 0. The third-order valence-electron chi connectivity index (χ3n) is 4.11. The van der Waals surface area contributed by atoms with E-state index >= 15 is 0 Å². The van der Waals surface area contributed by atoms with Crippen molar-refractivity contribution in [1.29, 1.82) is 0 Å². The Bertz CT molecular complexity index is 782. The molecule has 0 amide bonds. The minimum Gasteiger partial charge on any atom is -0.618 e. The van der Waals surface area contributed by atoms with Crippen LogP contribution in [0.4, 0.5) is 4.39 Å². The molecule has 1 aliphatic heterocycles. The first kappa shape index (κ1) is 14.3. The molecule has 0 radical (unpaired) electrons. The molecule has 1 atom stereocenters. The average molecular weight is 299 g/mol. The van der Waals surface area contributed by atoms with Gasteiger partial charge in [0.05, 0.1) is 17.2 Å². The van der Waals surface area contributed by atoms with Crippen LogP contribution in [-0.4, -0.2) is 26.1 Å². The molecule has 2 aromatic rings. The van der Waals surface area contributed by atoms with Gasteiger partial charge in [0.15, 0.2) is 0 Å². The summed E-state index contributed by atoms with van der Waals surface area (Å²) in [6.45, 7) is 3.26. The summed E-state index contributed by atoms with van der Waals surface area (Å²) in [5, 5.41) is 23.3. The van der Waals surface area contributed by atoms with E-state index in [0.29, 0.717) is 17.0 Å². The molecule has 0 spiro atoms. The van der Waals surface area contributed by atoms with E-state index in [0.717, 1.165) is 15.0 Å². The van der Waals surface area contributed by atoms with Crippen LogP contribution in [0, 0.1) is 11.0 Å². The zero-order chi connectivity index (χ0) is 15.9. The van der Waals surface area contributed by atoms with E-state index in [1.807, 2.05) is 30.3 Å². The Hall–Kier alpha value is -2.69. The van der Waals surface area contributed by atoms with Crippen LogP contribution in [0.1, 0.15) is 25.0 Å². The Labute approximate surface area is 127 Å². The maximum absolute atomic E-state index is 13.1. The SMILES string of the molecule is CC1=[N+]([O-])[C@@](C)(c2ccc(F)cc2)[N+](O)=C1c1ccccc1. The van der Waals surface area contributed by atoms with E-state index in [4.69, 9.17) is 0 Å². The predicted octanol–water partition coefficient (Wildman–Crippen LogP) is 2.87. The van der Waals surface area contributed by atoms with Crippen molar-refractivity contribution >= 4 is 11.4 Å². The normalized spacial score (nSPS) is 21.6. The van der Waals surface area contributed by atoms with E-state index in [1.54, 1.807) is 13.8 Å². The van der Waals surface area contributed by atoms with Gasteiger partial charge in [0.25, 0.3) is 5.71 Å². The number of halogens is 1. The van der Waals surface area contributed by atoms with Gasteiger partial charge in [-0.05, 0) is 36.4 Å². The highest BCUT2D eigenvalue weighted by Gasteiger charge is 2.58. The minimum atomic E-state index is -1.33. The lowest BCUT2D eigenvalue weighted by Crippen LogP contribution is -2.40. The lowest BCUT2D eigenvalue weighted by molar-refractivity contribution is -0.929. The molecule has 5 heteroatoms. The molecule has 0 unspecified atom stereocenters. The lowest BCUT2D eigenvalue weighted by Gasteiger charge is -2.17. The van der Waals surface area contributed by atoms with Crippen molar-refractivity contribution in [3.05, 3.63) is 76.7 Å². The van der Waals surface area contributed by atoms with Crippen molar-refractivity contribution in [2.45, 2.75) is 19.5 Å². The zero-order valence-corrected chi connectivity index (χ0v) is 12.3. The van der Waals surface area contributed by atoms with Crippen LogP contribution in [0.25, 0.3) is 0 Å². The molecule has 0 aliphatic carbocycles. The Morgan fingerprint density at radius 1 is 1.05 bits per heavy atom. The monoisotopic (exact) mass is 299 g/mol. The number of rotatable bonds is 2. The Morgan fingerprint density at radius 3 is 2.23 bits per heavy atom. The van der Waals surface area contributed by atoms with E-state index in [9.17, 15) is 14.8 Å². The first-order chi connectivity index (χ1) is 10.5. The van der Waals surface area contributed by atoms with Gasteiger partial charge in [-0.25, -0.2) is 4.39 Å². The van der Waals surface area contributed by atoms with E-state index in [-0.39, 0.29) is 5.82 Å².